The zero-order chi connectivity index (χ0) is 18.5. The molecule has 1 aromatic carbocycles. The Bertz CT molecular complexity index is 790. The SMILES string of the molecule is CC(Sc1nnnn1C1CCCCC1)C(=O)Nc1ccccc1[N+](=O)[O-]. The second-order valence-corrected chi connectivity index (χ2v) is 7.53. The third-order valence-electron chi connectivity index (χ3n) is 4.39. The minimum Gasteiger partial charge on any atom is -0.319 e. The van der Waals surface area contributed by atoms with Crippen LogP contribution in [0.3, 0.4) is 0 Å². The molecule has 0 spiro atoms. The molecular formula is C16H20N6O3S. The van der Waals surface area contributed by atoms with Crippen molar-refractivity contribution in [3.63, 3.8) is 0 Å². The van der Waals surface area contributed by atoms with Crippen LogP contribution < -0.4 is 5.32 Å². The molecule has 3 rings (SSSR count). The average Bonchev–Trinajstić information content (AvgIpc) is 3.10. The van der Waals surface area contributed by atoms with Gasteiger partial charge in [-0.1, -0.05) is 43.2 Å². The van der Waals surface area contributed by atoms with Crippen LogP contribution in [0.2, 0.25) is 0 Å². The number of hydrogen-bond acceptors (Lipinski definition) is 7. The van der Waals surface area contributed by atoms with E-state index in [4.69, 9.17) is 0 Å². The highest BCUT2D eigenvalue weighted by Gasteiger charge is 2.25. The molecule has 1 aromatic heterocycles. The fraction of sp³-hybridized carbons (Fsp3) is 0.500. The second-order valence-electron chi connectivity index (χ2n) is 6.22. The lowest BCUT2D eigenvalue weighted by Crippen LogP contribution is -2.24. The van der Waals surface area contributed by atoms with Crippen molar-refractivity contribution < 1.29 is 9.72 Å². The van der Waals surface area contributed by atoms with Gasteiger partial charge in [-0.3, -0.25) is 14.9 Å². The zero-order valence-corrected chi connectivity index (χ0v) is 15.2. The molecule has 10 heteroatoms. The van der Waals surface area contributed by atoms with E-state index in [1.807, 2.05) is 0 Å². The number of carbonyl (C=O) groups is 1. The van der Waals surface area contributed by atoms with Crippen LogP contribution in [0.1, 0.15) is 45.1 Å². The van der Waals surface area contributed by atoms with Gasteiger partial charge in [0.15, 0.2) is 0 Å². The molecule has 0 bridgehead atoms. The number of tetrazole rings is 1. The molecule has 0 saturated heterocycles. The number of rotatable bonds is 6. The number of hydrogen-bond donors (Lipinski definition) is 1. The summed E-state index contributed by atoms with van der Waals surface area (Å²) in [5, 5.41) is 25.7. The van der Waals surface area contributed by atoms with Crippen LogP contribution in [0.15, 0.2) is 29.4 Å². The lowest BCUT2D eigenvalue weighted by molar-refractivity contribution is -0.383. The lowest BCUT2D eigenvalue weighted by atomic mass is 9.96. The summed E-state index contributed by atoms with van der Waals surface area (Å²) in [6.07, 6.45) is 5.62. The van der Waals surface area contributed by atoms with Gasteiger partial charge >= 0.3 is 0 Å². The molecule has 1 unspecified atom stereocenters. The fourth-order valence-electron chi connectivity index (χ4n) is 3.00. The first-order valence-corrected chi connectivity index (χ1v) is 9.43. The van der Waals surface area contributed by atoms with E-state index in [-0.39, 0.29) is 23.3 Å². The molecule has 0 aliphatic heterocycles. The highest BCUT2D eigenvalue weighted by Crippen LogP contribution is 2.32. The largest absolute Gasteiger partial charge is 0.319 e. The monoisotopic (exact) mass is 376 g/mol. The number of nitrogens with one attached hydrogen (secondary N) is 1. The summed E-state index contributed by atoms with van der Waals surface area (Å²) in [5.74, 6) is -0.331. The van der Waals surface area contributed by atoms with E-state index in [2.05, 4.69) is 20.8 Å². The van der Waals surface area contributed by atoms with Gasteiger partial charge in [0.1, 0.15) is 5.69 Å². The van der Waals surface area contributed by atoms with E-state index < -0.39 is 10.2 Å². The van der Waals surface area contributed by atoms with Crippen molar-refractivity contribution in [2.75, 3.05) is 5.32 Å². The van der Waals surface area contributed by atoms with E-state index in [1.165, 1.54) is 30.3 Å². The molecule has 9 nitrogen and oxygen atoms in total. The Morgan fingerprint density at radius 2 is 2.08 bits per heavy atom. The number of thioether (sulfide) groups is 1. The minimum absolute atomic E-state index is 0.134. The summed E-state index contributed by atoms with van der Waals surface area (Å²) < 4.78 is 1.80. The van der Waals surface area contributed by atoms with Crippen LogP contribution in [0.5, 0.6) is 0 Å². The first-order chi connectivity index (χ1) is 12.6. The Labute approximate surface area is 154 Å². The molecule has 1 aliphatic rings. The zero-order valence-electron chi connectivity index (χ0n) is 14.4. The number of nitro benzene ring substituents is 1. The van der Waals surface area contributed by atoms with Crippen molar-refractivity contribution in [2.45, 2.75) is 55.5 Å². The van der Waals surface area contributed by atoms with Gasteiger partial charge in [-0.2, -0.15) is 0 Å². The van der Waals surface area contributed by atoms with Crippen LogP contribution in [0.25, 0.3) is 0 Å². The van der Waals surface area contributed by atoms with E-state index in [9.17, 15) is 14.9 Å². The molecule has 1 atom stereocenters. The number of anilines is 1. The second kappa shape index (κ2) is 8.26. The molecule has 1 fully saturated rings. The Morgan fingerprint density at radius 3 is 2.81 bits per heavy atom. The van der Waals surface area contributed by atoms with Crippen molar-refractivity contribution in [3.8, 4) is 0 Å². The Balaban J connectivity index is 1.67. The number of carbonyl (C=O) groups excluding carboxylic acids is 1. The van der Waals surface area contributed by atoms with E-state index in [1.54, 1.807) is 23.7 Å². The maximum Gasteiger partial charge on any atom is 0.292 e. The number of benzene rings is 1. The van der Waals surface area contributed by atoms with E-state index in [0.717, 1.165) is 25.7 Å². The van der Waals surface area contributed by atoms with E-state index in [0.29, 0.717) is 5.16 Å². The van der Waals surface area contributed by atoms with Crippen molar-refractivity contribution in [1.29, 1.82) is 0 Å². The van der Waals surface area contributed by atoms with Crippen LogP contribution in [-0.2, 0) is 4.79 Å². The first kappa shape index (κ1) is 18.3. The Morgan fingerprint density at radius 1 is 1.35 bits per heavy atom. The predicted molar refractivity (Wildman–Crippen MR) is 97.0 cm³/mol. The topological polar surface area (TPSA) is 116 Å². The minimum atomic E-state index is -0.517. The van der Waals surface area contributed by atoms with Crippen molar-refractivity contribution >= 4 is 29.0 Å². The van der Waals surface area contributed by atoms with Crippen molar-refractivity contribution in [3.05, 3.63) is 34.4 Å². The molecule has 1 saturated carbocycles. The summed E-state index contributed by atoms with van der Waals surface area (Å²) in [7, 11) is 0. The summed E-state index contributed by atoms with van der Waals surface area (Å²) in [5.41, 5.74) is 0.0481. The van der Waals surface area contributed by atoms with Crippen LogP contribution in [-0.4, -0.2) is 36.3 Å². The summed E-state index contributed by atoms with van der Waals surface area (Å²) in [4.78, 5) is 23.0. The molecule has 1 aliphatic carbocycles. The summed E-state index contributed by atoms with van der Waals surface area (Å²) in [6.45, 7) is 1.73. The Kier molecular flexibility index (Phi) is 5.82. The van der Waals surface area contributed by atoms with Crippen molar-refractivity contribution in [1.82, 2.24) is 20.2 Å². The maximum absolute atomic E-state index is 12.5. The maximum atomic E-state index is 12.5. The van der Waals surface area contributed by atoms with Gasteiger partial charge in [0.2, 0.25) is 11.1 Å². The third-order valence-corrected chi connectivity index (χ3v) is 5.44. The van der Waals surface area contributed by atoms with Gasteiger partial charge in [-0.15, -0.1) is 5.10 Å². The quantitative estimate of drug-likeness (QED) is 0.467. The number of nitro groups is 1. The number of para-hydroxylation sites is 2. The molecular weight excluding hydrogens is 356 g/mol. The number of aromatic nitrogens is 4. The normalized spacial score (nSPS) is 16.2. The molecule has 1 N–H and O–H groups in total. The van der Waals surface area contributed by atoms with Gasteiger partial charge < -0.3 is 5.32 Å². The Hall–Kier alpha value is -2.49. The summed E-state index contributed by atoms with van der Waals surface area (Å²) in [6, 6.07) is 6.34. The number of nitrogens with zero attached hydrogens (tertiary/aromatic N) is 5. The smallest absolute Gasteiger partial charge is 0.292 e. The van der Waals surface area contributed by atoms with Gasteiger partial charge in [-0.25, -0.2) is 4.68 Å². The van der Waals surface area contributed by atoms with E-state index >= 15 is 0 Å². The highest BCUT2D eigenvalue weighted by atomic mass is 32.2. The first-order valence-electron chi connectivity index (χ1n) is 8.55. The molecule has 138 valence electrons. The number of amides is 1. The molecule has 1 amide bonds. The predicted octanol–water partition coefficient (Wildman–Crippen LogP) is 3.21. The summed E-state index contributed by atoms with van der Waals surface area (Å²) >= 11 is 1.26. The third kappa shape index (κ3) is 4.18. The van der Waals surface area contributed by atoms with Crippen LogP contribution >= 0.6 is 11.8 Å². The fourth-order valence-corrected chi connectivity index (χ4v) is 3.86. The molecule has 1 heterocycles. The molecule has 2 aromatic rings. The van der Waals surface area contributed by atoms with Gasteiger partial charge in [0.05, 0.1) is 16.2 Å². The average molecular weight is 376 g/mol. The van der Waals surface area contributed by atoms with Gasteiger partial charge in [0, 0.05) is 6.07 Å². The van der Waals surface area contributed by atoms with Gasteiger partial charge in [-0.05, 0) is 36.3 Å². The molecule has 0 radical (unpaired) electrons. The van der Waals surface area contributed by atoms with Crippen molar-refractivity contribution in [2.24, 2.45) is 0 Å². The lowest BCUT2D eigenvalue weighted by Gasteiger charge is -2.22. The molecule has 26 heavy (non-hydrogen) atoms. The highest BCUT2D eigenvalue weighted by molar-refractivity contribution is 8.00. The standard InChI is InChI=1S/C16H20N6O3S/c1-11(15(23)17-13-9-5-6-10-14(13)22(24)25)26-16-18-19-20-21(16)12-7-3-2-4-8-12/h5-6,9-12H,2-4,7-8H2,1H3,(H,17,23). The van der Waals surface area contributed by atoms with Gasteiger partial charge in [0.25, 0.3) is 5.69 Å². The van der Waals surface area contributed by atoms with Crippen LogP contribution in [0.4, 0.5) is 11.4 Å². The van der Waals surface area contributed by atoms with Crippen LogP contribution in [0, 0.1) is 10.1 Å².